The molecular weight excluding hydrogens is 294 g/mol. The van der Waals surface area contributed by atoms with Crippen molar-refractivity contribution in [1.82, 2.24) is 15.1 Å². The molecular formula is C17H21N3O3. The van der Waals surface area contributed by atoms with E-state index in [0.717, 1.165) is 16.9 Å². The number of amides is 1. The highest BCUT2D eigenvalue weighted by atomic mass is 16.6. The molecule has 2 heterocycles. The number of rotatable bonds is 4. The molecule has 0 radical (unpaired) electrons. The van der Waals surface area contributed by atoms with E-state index in [4.69, 9.17) is 9.47 Å². The Bertz CT molecular complexity index is 722. The number of carbonyl (C=O) groups excluding carboxylic acids is 1. The van der Waals surface area contributed by atoms with E-state index in [-0.39, 0.29) is 5.91 Å². The molecule has 1 amide bonds. The van der Waals surface area contributed by atoms with Crippen molar-refractivity contribution < 1.29 is 14.3 Å². The van der Waals surface area contributed by atoms with Crippen molar-refractivity contribution >= 4 is 5.91 Å². The Morgan fingerprint density at radius 1 is 1.30 bits per heavy atom. The third-order valence-corrected chi connectivity index (χ3v) is 4.04. The molecule has 6 heteroatoms. The standard InChI is InChI=1S/C17H21N3O3/c1-17(2,16(21)18-9-12-10-19-20(3)11-12)13-4-5-14-15(8-13)23-7-6-22-14/h4-5,8,10-11H,6-7,9H2,1-3H3,(H,18,21). The molecule has 0 fully saturated rings. The predicted octanol–water partition coefficient (Wildman–Crippen LogP) is 1.79. The number of aryl methyl sites for hydroxylation is 1. The average Bonchev–Trinajstić information content (AvgIpc) is 2.97. The van der Waals surface area contributed by atoms with Gasteiger partial charge in [0.05, 0.1) is 11.6 Å². The number of carbonyl (C=O) groups is 1. The molecule has 0 atom stereocenters. The Balaban J connectivity index is 1.73. The fourth-order valence-electron chi connectivity index (χ4n) is 2.53. The number of hydrogen-bond acceptors (Lipinski definition) is 4. The molecule has 6 nitrogen and oxygen atoms in total. The van der Waals surface area contributed by atoms with Gasteiger partial charge in [-0.25, -0.2) is 0 Å². The Hall–Kier alpha value is -2.50. The molecule has 0 spiro atoms. The van der Waals surface area contributed by atoms with E-state index < -0.39 is 5.41 Å². The third kappa shape index (κ3) is 3.16. The summed E-state index contributed by atoms with van der Waals surface area (Å²) < 4.78 is 12.8. The van der Waals surface area contributed by atoms with Gasteiger partial charge in [0, 0.05) is 25.4 Å². The summed E-state index contributed by atoms with van der Waals surface area (Å²) in [6.45, 7) is 5.35. The van der Waals surface area contributed by atoms with E-state index in [1.165, 1.54) is 0 Å². The highest BCUT2D eigenvalue weighted by Crippen LogP contribution is 2.35. The van der Waals surface area contributed by atoms with Crippen LogP contribution in [0.5, 0.6) is 11.5 Å². The van der Waals surface area contributed by atoms with Crippen molar-refractivity contribution in [2.45, 2.75) is 25.8 Å². The Labute approximate surface area is 135 Å². The molecule has 1 aliphatic rings. The number of nitrogens with one attached hydrogen (secondary N) is 1. The van der Waals surface area contributed by atoms with E-state index in [9.17, 15) is 4.79 Å². The first kappa shape index (κ1) is 15.4. The fourth-order valence-corrected chi connectivity index (χ4v) is 2.53. The number of benzene rings is 1. The normalized spacial score (nSPS) is 13.7. The van der Waals surface area contributed by atoms with E-state index >= 15 is 0 Å². The van der Waals surface area contributed by atoms with Gasteiger partial charge in [-0.3, -0.25) is 9.48 Å². The van der Waals surface area contributed by atoms with Gasteiger partial charge in [-0.2, -0.15) is 5.10 Å². The van der Waals surface area contributed by atoms with Crippen LogP contribution in [0.3, 0.4) is 0 Å². The molecule has 1 aromatic heterocycles. The molecule has 0 saturated heterocycles. The van der Waals surface area contributed by atoms with Gasteiger partial charge >= 0.3 is 0 Å². The van der Waals surface area contributed by atoms with E-state index in [1.807, 2.05) is 45.3 Å². The lowest BCUT2D eigenvalue weighted by Crippen LogP contribution is -2.39. The van der Waals surface area contributed by atoms with Gasteiger partial charge in [0.15, 0.2) is 11.5 Å². The Morgan fingerprint density at radius 3 is 2.74 bits per heavy atom. The van der Waals surface area contributed by atoms with Crippen LogP contribution in [0.2, 0.25) is 0 Å². The zero-order valence-corrected chi connectivity index (χ0v) is 13.6. The number of fused-ring (bicyclic) bond motifs is 1. The minimum atomic E-state index is -0.669. The first-order chi connectivity index (χ1) is 11.0. The zero-order chi connectivity index (χ0) is 16.4. The summed E-state index contributed by atoms with van der Waals surface area (Å²) in [5.74, 6) is 1.38. The van der Waals surface area contributed by atoms with Crippen LogP contribution in [0.15, 0.2) is 30.6 Å². The molecule has 2 aromatic rings. The van der Waals surface area contributed by atoms with Gasteiger partial charge < -0.3 is 14.8 Å². The van der Waals surface area contributed by atoms with Crippen LogP contribution in [0.25, 0.3) is 0 Å². The van der Waals surface area contributed by atoms with Crippen LogP contribution < -0.4 is 14.8 Å². The summed E-state index contributed by atoms with van der Waals surface area (Å²) in [5, 5.41) is 7.06. The average molecular weight is 315 g/mol. The van der Waals surface area contributed by atoms with Crippen LogP contribution >= 0.6 is 0 Å². The lowest BCUT2D eigenvalue weighted by atomic mass is 9.83. The molecule has 0 saturated carbocycles. The van der Waals surface area contributed by atoms with E-state index in [2.05, 4.69) is 10.4 Å². The maximum atomic E-state index is 12.6. The molecule has 1 aromatic carbocycles. The van der Waals surface area contributed by atoms with Crippen molar-refractivity contribution in [3.05, 3.63) is 41.7 Å². The van der Waals surface area contributed by atoms with Gasteiger partial charge in [0.1, 0.15) is 13.2 Å². The van der Waals surface area contributed by atoms with Gasteiger partial charge in [-0.1, -0.05) is 6.07 Å². The minimum Gasteiger partial charge on any atom is -0.486 e. The third-order valence-electron chi connectivity index (χ3n) is 4.04. The van der Waals surface area contributed by atoms with Crippen LogP contribution in [0.4, 0.5) is 0 Å². The maximum Gasteiger partial charge on any atom is 0.230 e. The van der Waals surface area contributed by atoms with Crippen LogP contribution in [0.1, 0.15) is 25.0 Å². The van der Waals surface area contributed by atoms with Crippen molar-refractivity contribution in [2.24, 2.45) is 7.05 Å². The van der Waals surface area contributed by atoms with E-state index in [1.54, 1.807) is 10.9 Å². The van der Waals surface area contributed by atoms with Crippen molar-refractivity contribution in [3.8, 4) is 11.5 Å². The summed E-state index contributed by atoms with van der Waals surface area (Å²) in [4.78, 5) is 12.6. The Morgan fingerprint density at radius 2 is 2.04 bits per heavy atom. The number of nitrogens with zero attached hydrogens (tertiary/aromatic N) is 2. The van der Waals surface area contributed by atoms with Crippen molar-refractivity contribution in [2.75, 3.05) is 13.2 Å². The molecule has 0 bridgehead atoms. The topological polar surface area (TPSA) is 65.4 Å². The first-order valence-electron chi connectivity index (χ1n) is 7.63. The van der Waals surface area contributed by atoms with Gasteiger partial charge in [0.25, 0.3) is 0 Å². The quantitative estimate of drug-likeness (QED) is 0.934. The second-order valence-electron chi connectivity index (χ2n) is 6.19. The largest absolute Gasteiger partial charge is 0.486 e. The summed E-state index contributed by atoms with van der Waals surface area (Å²) in [5.41, 5.74) is 1.20. The molecule has 1 aliphatic heterocycles. The summed E-state index contributed by atoms with van der Waals surface area (Å²) in [6, 6.07) is 5.66. The lowest BCUT2D eigenvalue weighted by Gasteiger charge is -2.26. The van der Waals surface area contributed by atoms with Crippen molar-refractivity contribution in [1.29, 1.82) is 0 Å². The summed E-state index contributed by atoms with van der Waals surface area (Å²) >= 11 is 0. The Kier molecular flexibility index (Phi) is 3.98. The molecule has 0 aliphatic carbocycles. The number of ether oxygens (including phenoxy) is 2. The molecule has 0 unspecified atom stereocenters. The van der Waals surface area contributed by atoms with Gasteiger partial charge in [-0.05, 0) is 31.5 Å². The first-order valence-corrected chi connectivity index (χ1v) is 7.63. The summed E-state index contributed by atoms with van der Waals surface area (Å²) in [7, 11) is 1.85. The summed E-state index contributed by atoms with van der Waals surface area (Å²) in [6.07, 6.45) is 3.63. The number of hydrogen-bond donors (Lipinski definition) is 1. The lowest BCUT2D eigenvalue weighted by molar-refractivity contribution is -0.125. The van der Waals surface area contributed by atoms with Gasteiger partial charge in [0.2, 0.25) is 5.91 Å². The highest BCUT2D eigenvalue weighted by molar-refractivity contribution is 5.87. The molecule has 1 N–H and O–H groups in total. The van der Waals surface area contributed by atoms with Gasteiger partial charge in [-0.15, -0.1) is 0 Å². The monoisotopic (exact) mass is 315 g/mol. The zero-order valence-electron chi connectivity index (χ0n) is 13.6. The fraction of sp³-hybridized carbons (Fsp3) is 0.412. The molecule has 3 rings (SSSR count). The SMILES string of the molecule is Cn1cc(CNC(=O)C(C)(C)c2ccc3c(c2)OCCO3)cn1. The minimum absolute atomic E-state index is 0.0435. The predicted molar refractivity (Wildman–Crippen MR) is 85.5 cm³/mol. The second-order valence-corrected chi connectivity index (χ2v) is 6.19. The number of aromatic nitrogens is 2. The van der Waals surface area contributed by atoms with Crippen molar-refractivity contribution in [3.63, 3.8) is 0 Å². The molecule has 23 heavy (non-hydrogen) atoms. The smallest absolute Gasteiger partial charge is 0.230 e. The van der Waals surface area contributed by atoms with Crippen LogP contribution in [-0.4, -0.2) is 28.9 Å². The second kappa shape index (κ2) is 5.95. The highest BCUT2D eigenvalue weighted by Gasteiger charge is 2.31. The molecule has 122 valence electrons. The van der Waals surface area contributed by atoms with Crippen LogP contribution in [-0.2, 0) is 23.8 Å². The van der Waals surface area contributed by atoms with Crippen LogP contribution in [0, 0.1) is 0 Å². The van der Waals surface area contributed by atoms with E-state index in [0.29, 0.717) is 25.5 Å². The maximum absolute atomic E-state index is 12.6.